The molecule has 0 bridgehead atoms. The third-order valence-electron chi connectivity index (χ3n) is 5.40. The number of fused-ring (bicyclic) bond motifs is 1. The summed E-state index contributed by atoms with van der Waals surface area (Å²) in [7, 11) is 4.00. The minimum Gasteiger partial charge on any atom is -0.378 e. The maximum atomic E-state index is 12.8. The fraction of sp³-hybridized carbons (Fsp3) is 0.364. The van der Waals surface area contributed by atoms with Crippen molar-refractivity contribution in [2.75, 3.05) is 50.1 Å². The summed E-state index contributed by atoms with van der Waals surface area (Å²) in [6.45, 7) is 7.34. The summed E-state index contributed by atoms with van der Waals surface area (Å²) in [4.78, 5) is 24.0. The number of hydrogen-bond acceptors (Lipinski definition) is 5. The van der Waals surface area contributed by atoms with Crippen LogP contribution in [0.2, 0.25) is 0 Å². The van der Waals surface area contributed by atoms with E-state index in [1.54, 1.807) is 11.3 Å². The topological polar surface area (TPSA) is 39.7 Å². The quantitative estimate of drug-likeness (QED) is 0.675. The van der Waals surface area contributed by atoms with Crippen LogP contribution in [0.25, 0.3) is 10.2 Å². The Hall–Kier alpha value is -2.60. The van der Waals surface area contributed by atoms with Crippen LogP contribution in [0.5, 0.6) is 0 Å². The summed E-state index contributed by atoms with van der Waals surface area (Å²) in [5, 5.41) is 1.06. The number of amides is 1. The molecule has 1 aliphatic rings. The molecule has 2 heterocycles. The van der Waals surface area contributed by atoms with Gasteiger partial charge in [0.15, 0.2) is 5.13 Å². The lowest BCUT2D eigenvalue weighted by molar-refractivity contribution is 0.0747. The van der Waals surface area contributed by atoms with Gasteiger partial charge in [-0.05, 0) is 49.2 Å². The lowest BCUT2D eigenvalue weighted by atomic mass is 10.1. The molecular formula is C22H26N4OS. The molecule has 2 aromatic carbocycles. The van der Waals surface area contributed by atoms with Crippen LogP contribution in [-0.4, -0.2) is 56.1 Å². The van der Waals surface area contributed by atoms with Gasteiger partial charge in [0.25, 0.3) is 5.91 Å². The van der Waals surface area contributed by atoms with Crippen LogP contribution in [0, 0.1) is 13.8 Å². The minimum absolute atomic E-state index is 0.112. The first-order valence-corrected chi connectivity index (χ1v) is 10.4. The molecule has 1 fully saturated rings. The Kier molecular flexibility index (Phi) is 4.98. The average molecular weight is 395 g/mol. The number of aryl methyl sites for hydroxylation is 2. The Morgan fingerprint density at radius 3 is 2.21 bits per heavy atom. The summed E-state index contributed by atoms with van der Waals surface area (Å²) in [5.74, 6) is 0.112. The zero-order valence-electron chi connectivity index (χ0n) is 16.9. The van der Waals surface area contributed by atoms with E-state index < -0.39 is 0 Å². The van der Waals surface area contributed by atoms with E-state index in [-0.39, 0.29) is 5.91 Å². The van der Waals surface area contributed by atoms with Crippen LogP contribution in [0.1, 0.15) is 21.5 Å². The zero-order valence-corrected chi connectivity index (χ0v) is 17.7. The van der Waals surface area contributed by atoms with E-state index in [0.717, 1.165) is 48.1 Å². The molecule has 0 atom stereocenters. The van der Waals surface area contributed by atoms with Gasteiger partial charge in [-0.25, -0.2) is 4.98 Å². The number of nitrogens with zero attached hydrogens (tertiary/aromatic N) is 4. The first-order chi connectivity index (χ1) is 13.4. The van der Waals surface area contributed by atoms with Gasteiger partial charge in [-0.3, -0.25) is 4.79 Å². The van der Waals surface area contributed by atoms with Crippen molar-refractivity contribution in [2.45, 2.75) is 13.8 Å². The Morgan fingerprint density at radius 2 is 1.61 bits per heavy atom. The number of carbonyl (C=O) groups excluding carboxylic acids is 1. The smallest absolute Gasteiger partial charge is 0.253 e. The number of aromatic nitrogens is 1. The molecule has 0 saturated carbocycles. The number of thiazole rings is 1. The molecule has 146 valence electrons. The molecule has 1 amide bonds. The minimum atomic E-state index is 0.112. The Morgan fingerprint density at radius 1 is 0.964 bits per heavy atom. The second-order valence-corrected chi connectivity index (χ2v) is 8.57. The summed E-state index contributed by atoms with van der Waals surface area (Å²) < 4.78 is 1.27. The van der Waals surface area contributed by atoms with E-state index in [4.69, 9.17) is 4.98 Å². The van der Waals surface area contributed by atoms with Crippen molar-refractivity contribution in [3.63, 3.8) is 0 Å². The second kappa shape index (κ2) is 7.43. The van der Waals surface area contributed by atoms with Crippen molar-refractivity contribution in [2.24, 2.45) is 0 Å². The molecular weight excluding hydrogens is 368 g/mol. The normalized spacial score (nSPS) is 14.6. The SMILES string of the molecule is Cc1ccc(C)c2sc(N3CCN(C(=O)c4ccc(N(C)C)cc4)CC3)nc12. The van der Waals surface area contributed by atoms with Crippen LogP contribution >= 0.6 is 11.3 Å². The van der Waals surface area contributed by atoms with E-state index in [9.17, 15) is 4.79 Å². The molecule has 6 heteroatoms. The van der Waals surface area contributed by atoms with Crippen molar-refractivity contribution in [3.05, 3.63) is 53.1 Å². The number of rotatable bonds is 3. The summed E-state index contributed by atoms with van der Waals surface area (Å²) in [6.07, 6.45) is 0. The average Bonchev–Trinajstić information content (AvgIpc) is 3.17. The van der Waals surface area contributed by atoms with Crippen LogP contribution in [0.3, 0.4) is 0 Å². The van der Waals surface area contributed by atoms with Gasteiger partial charge in [-0.2, -0.15) is 0 Å². The number of carbonyl (C=O) groups is 1. The fourth-order valence-corrected chi connectivity index (χ4v) is 4.73. The monoisotopic (exact) mass is 394 g/mol. The fourth-order valence-electron chi connectivity index (χ4n) is 3.57. The predicted molar refractivity (Wildman–Crippen MR) is 118 cm³/mol. The third-order valence-corrected chi connectivity index (χ3v) is 6.65. The highest BCUT2D eigenvalue weighted by molar-refractivity contribution is 7.22. The van der Waals surface area contributed by atoms with Crippen molar-refractivity contribution in [1.29, 1.82) is 0 Å². The highest BCUT2D eigenvalue weighted by Gasteiger charge is 2.24. The van der Waals surface area contributed by atoms with Crippen LogP contribution in [0.4, 0.5) is 10.8 Å². The highest BCUT2D eigenvalue weighted by Crippen LogP contribution is 2.33. The molecule has 0 unspecified atom stereocenters. The van der Waals surface area contributed by atoms with Gasteiger partial charge < -0.3 is 14.7 Å². The largest absolute Gasteiger partial charge is 0.378 e. The van der Waals surface area contributed by atoms with Gasteiger partial charge >= 0.3 is 0 Å². The van der Waals surface area contributed by atoms with Gasteiger partial charge in [0.05, 0.1) is 10.2 Å². The summed E-state index contributed by atoms with van der Waals surface area (Å²) in [6, 6.07) is 12.1. The molecule has 1 saturated heterocycles. The molecule has 1 aliphatic heterocycles. The maximum Gasteiger partial charge on any atom is 0.253 e. The van der Waals surface area contributed by atoms with E-state index in [1.807, 2.05) is 48.2 Å². The molecule has 0 N–H and O–H groups in total. The zero-order chi connectivity index (χ0) is 19.8. The van der Waals surface area contributed by atoms with Crippen molar-refractivity contribution in [3.8, 4) is 0 Å². The molecule has 0 aliphatic carbocycles. The van der Waals surface area contributed by atoms with Gasteiger partial charge in [0.2, 0.25) is 0 Å². The Bertz CT molecular complexity index is 962. The van der Waals surface area contributed by atoms with Crippen molar-refractivity contribution in [1.82, 2.24) is 9.88 Å². The van der Waals surface area contributed by atoms with E-state index >= 15 is 0 Å². The molecule has 0 spiro atoms. The van der Waals surface area contributed by atoms with E-state index in [2.05, 4.69) is 30.9 Å². The maximum absolute atomic E-state index is 12.8. The van der Waals surface area contributed by atoms with Gasteiger partial charge in [0, 0.05) is 51.5 Å². The molecule has 28 heavy (non-hydrogen) atoms. The predicted octanol–water partition coefficient (Wildman–Crippen LogP) is 3.94. The third kappa shape index (κ3) is 3.44. The molecule has 3 aromatic rings. The first-order valence-electron chi connectivity index (χ1n) is 9.62. The van der Waals surface area contributed by atoms with E-state index in [0.29, 0.717) is 0 Å². The van der Waals surface area contributed by atoms with Crippen molar-refractivity contribution >= 4 is 38.3 Å². The lowest BCUT2D eigenvalue weighted by Gasteiger charge is -2.34. The van der Waals surface area contributed by atoms with Gasteiger partial charge in [0.1, 0.15) is 0 Å². The molecule has 1 aromatic heterocycles. The summed E-state index contributed by atoms with van der Waals surface area (Å²) >= 11 is 1.76. The Balaban J connectivity index is 1.45. The first kappa shape index (κ1) is 18.7. The second-order valence-electron chi connectivity index (χ2n) is 7.59. The Labute approximate surface area is 170 Å². The standard InChI is InChI=1S/C22H26N4OS/c1-15-5-6-16(2)20-19(15)23-22(28-20)26-13-11-25(12-14-26)21(27)17-7-9-18(10-8-17)24(3)4/h5-10H,11-14H2,1-4H3. The van der Waals surface area contributed by atoms with Gasteiger partial charge in [-0.1, -0.05) is 23.5 Å². The number of benzene rings is 2. The number of hydrogen-bond donors (Lipinski definition) is 0. The van der Waals surface area contributed by atoms with Gasteiger partial charge in [-0.15, -0.1) is 0 Å². The van der Waals surface area contributed by atoms with Crippen LogP contribution < -0.4 is 9.80 Å². The molecule has 4 rings (SSSR count). The molecule has 0 radical (unpaired) electrons. The summed E-state index contributed by atoms with van der Waals surface area (Å²) in [5.41, 5.74) is 5.46. The van der Waals surface area contributed by atoms with Crippen LogP contribution in [-0.2, 0) is 0 Å². The number of anilines is 2. The van der Waals surface area contributed by atoms with Crippen LogP contribution in [0.15, 0.2) is 36.4 Å². The number of piperazine rings is 1. The van der Waals surface area contributed by atoms with E-state index in [1.165, 1.54) is 15.8 Å². The van der Waals surface area contributed by atoms with Crippen molar-refractivity contribution < 1.29 is 4.79 Å². The highest BCUT2D eigenvalue weighted by atomic mass is 32.1. The molecule has 5 nitrogen and oxygen atoms in total. The lowest BCUT2D eigenvalue weighted by Crippen LogP contribution is -2.48.